The summed E-state index contributed by atoms with van der Waals surface area (Å²) in [5.74, 6) is 0.521. The quantitative estimate of drug-likeness (QED) is 0.843. The minimum atomic E-state index is -4.17. The van der Waals surface area contributed by atoms with E-state index in [-0.39, 0.29) is 18.3 Å². The highest BCUT2D eigenvalue weighted by molar-refractivity contribution is 5.38. The third-order valence-electron chi connectivity index (χ3n) is 2.37. The predicted molar refractivity (Wildman–Crippen MR) is 47.1 cm³/mol. The fraction of sp³-hybridized carbons (Fsp3) is 0.750. The van der Waals surface area contributed by atoms with Crippen molar-refractivity contribution >= 4 is 5.82 Å². The van der Waals surface area contributed by atoms with Gasteiger partial charge in [0.25, 0.3) is 0 Å². The molecule has 0 spiro atoms. The first kappa shape index (κ1) is 10.3. The molecule has 84 valence electrons. The minimum Gasteiger partial charge on any atom is -0.381 e. The zero-order chi connectivity index (χ0) is 11.1. The second-order valence-corrected chi connectivity index (χ2v) is 3.72. The van der Waals surface area contributed by atoms with Gasteiger partial charge in [0.05, 0.1) is 18.7 Å². The maximum Gasteiger partial charge on any atom is 0.390 e. The van der Waals surface area contributed by atoms with E-state index in [0.717, 1.165) is 12.8 Å². The Hall–Kier alpha value is -1.27. The van der Waals surface area contributed by atoms with Gasteiger partial charge in [0, 0.05) is 5.92 Å². The number of alkyl halides is 3. The first-order valence-electron chi connectivity index (χ1n) is 4.73. The average Bonchev–Trinajstić information content (AvgIpc) is 2.87. The van der Waals surface area contributed by atoms with Crippen LogP contribution in [0, 0.1) is 0 Å². The first-order valence-corrected chi connectivity index (χ1v) is 4.73. The number of nitrogens with two attached hydrogens (primary N) is 1. The number of rotatable bonds is 3. The van der Waals surface area contributed by atoms with Crippen LogP contribution in [0.25, 0.3) is 0 Å². The molecule has 0 radical (unpaired) electrons. The van der Waals surface area contributed by atoms with Crippen LogP contribution in [0.2, 0.25) is 0 Å². The van der Waals surface area contributed by atoms with E-state index in [2.05, 4.69) is 10.3 Å². The second kappa shape index (κ2) is 3.39. The van der Waals surface area contributed by atoms with Crippen LogP contribution in [0.15, 0.2) is 0 Å². The van der Waals surface area contributed by atoms with Gasteiger partial charge in [-0.25, -0.2) is 4.68 Å². The van der Waals surface area contributed by atoms with Crippen molar-refractivity contribution in [1.82, 2.24) is 15.0 Å². The minimum absolute atomic E-state index is 0.195. The lowest BCUT2D eigenvalue weighted by Gasteiger charge is -2.08. The van der Waals surface area contributed by atoms with Crippen LogP contribution in [0.4, 0.5) is 19.0 Å². The van der Waals surface area contributed by atoms with Gasteiger partial charge in [-0.1, -0.05) is 5.21 Å². The predicted octanol–water partition coefficient (Wildman–Crippen LogP) is 1.69. The molecule has 1 heterocycles. The molecule has 1 aromatic heterocycles. The lowest BCUT2D eigenvalue weighted by Crippen LogP contribution is -2.14. The van der Waals surface area contributed by atoms with Crippen LogP contribution in [0.1, 0.15) is 30.9 Å². The summed E-state index contributed by atoms with van der Waals surface area (Å²) in [5.41, 5.74) is 6.21. The molecule has 2 N–H and O–H groups in total. The van der Waals surface area contributed by atoms with Crippen LogP contribution >= 0.6 is 0 Å². The number of aromatic nitrogens is 3. The van der Waals surface area contributed by atoms with Crippen LogP contribution < -0.4 is 5.73 Å². The average molecular weight is 220 g/mol. The van der Waals surface area contributed by atoms with Gasteiger partial charge in [0.15, 0.2) is 5.82 Å². The number of nitrogen functional groups attached to an aromatic ring is 1. The molecule has 4 nitrogen and oxygen atoms in total. The van der Waals surface area contributed by atoms with E-state index in [1.54, 1.807) is 0 Å². The Morgan fingerprint density at radius 1 is 1.40 bits per heavy atom. The molecule has 1 fully saturated rings. The van der Waals surface area contributed by atoms with Crippen LogP contribution in [-0.2, 0) is 6.54 Å². The van der Waals surface area contributed by atoms with Crippen molar-refractivity contribution in [3.8, 4) is 0 Å². The van der Waals surface area contributed by atoms with Crippen LogP contribution in [-0.4, -0.2) is 21.2 Å². The molecule has 0 aliphatic heterocycles. The maximum atomic E-state index is 12.0. The summed E-state index contributed by atoms with van der Waals surface area (Å²) in [6, 6.07) is 0. The number of halogens is 3. The molecule has 0 aromatic carbocycles. The highest BCUT2D eigenvalue weighted by Gasteiger charge is 2.32. The Balaban J connectivity index is 2.08. The van der Waals surface area contributed by atoms with Crippen molar-refractivity contribution in [1.29, 1.82) is 0 Å². The maximum absolute atomic E-state index is 12.0. The van der Waals surface area contributed by atoms with Gasteiger partial charge in [-0.15, -0.1) is 5.10 Å². The molecule has 1 aromatic rings. The Morgan fingerprint density at radius 3 is 2.60 bits per heavy atom. The van der Waals surface area contributed by atoms with Gasteiger partial charge >= 0.3 is 6.18 Å². The molecule has 0 amide bonds. The van der Waals surface area contributed by atoms with Crippen molar-refractivity contribution in [2.45, 2.75) is 37.9 Å². The number of aryl methyl sites for hydroxylation is 1. The summed E-state index contributed by atoms with van der Waals surface area (Å²) in [6.45, 7) is -0.195. The van der Waals surface area contributed by atoms with E-state index in [9.17, 15) is 13.2 Å². The molecule has 1 saturated carbocycles. The third kappa shape index (κ3) is 2.40. The molecule has 1 aliphatic rings. The zero-order valence-electron chi connectivity index (χ0n) is 7.96. The van der Waals surface area contributed by atoms with E-state index in [1.807, 2.05) is 0 Å². The monoisotopic (exact) mass is 220 g/mol. The lowest BCUT2D eigenvalue weighted by atomic mass is 10.3. The fourth-order valence-corrected chi connectivity index (χ4v) is 1.51. The lowest BCUT2D eigenvalue weighted by molar-refractivity contribution is -0.137. The number of anilines is 1. The molecule has 0 bridgehead atoms. The molecule has 2 rings (SSSR count). The van der Waals surface area contributed by atoms with Crippen molar-refractivity contribution < 1.29 is 13.2 Å². The fourth-order valence-electron chi connectivity index (χ4n) is 1.51. The van der Waals surface area contributed by atoms with E-state index < -0.39 is 12.6 Å². The first-order chi connectivity index (χ1) is 6.97. The largest absolute Gasteiger partial charge is 0.390 e. The van der Waals surface area contributed by atoms with Crippen LogP contribution in [0.3, 0.4) is 0 Å². The molecule has 0 saturated heterocycles. The third-order valence-corrected chi connectivity index (χ3v) is 2.37. The molecule has 15 heavy (non-hydrogen) atoms. The van der Waals surface area contributed by atoms with E-state index in [0.29, 0.717) is 5.69 Å². The van der Waals surface area contributed by atoms with Gasteiger partial charge in [-0.05, 0) is 12.8 Å². The zero-order valence-corrected chi connectivity index (χ0v) is 7.96. The summed E-state index contributed by atoms with van der Waals surface area (Å²) in [5, 5.41) is 7.22. The summed E-state index contributed by atoms with van der Waals surface area (Å²) in [7, 11) is 0. The summed E-state index contributed by atoms with van der Waals surface area (Å²) in [6.07, 6.45) is -3.13. The molecular weight excluding hydrogens is 209 g/mol. The molecule has 1 aliphatic carbocycles. The smallest absolute Gasteiger partial charge is 0.381 e. The van der Waals surface area contributed by atoms with E-state index in [1.165, 1.54) is 4.68 Å². The topological polar surface area (TPSA) is 56.7 Å². The van der Waals surface area contributed by atoms with Crippen molar-refractivity contribution in [2.75, 3.05) is 5.73 Å². The van der Waals surface area contributed by atoms with Gasteiger partial charge < -0.3 is 5.73 Å². The number of hydrogen-bond acceptors (Lipinski definition) is 3. The van der Waals surface area contributed by atoms with Crippen molar-refractivity contribution in [3.63, 3.8) is 0 Å². The second-order valence-electron chi connectivity index (χ2n) is 3.72. The molecule has 7 heteroatoms. The highest BCUT2D eigenvalue weighted by atomic mass is 19.4. The van der Waals surface area contributed by atoms with E-state index in [4.69, 9.17) is 5.73 Å². The van der Waals surface area contributed by atoms with E-state index >= 15 is 0 Å². The van der Waals surface area contributed by atoms with Crippen molar-refractivity contribution in [3.05, 3.63) is 5.69 Å². The number of hydrogen-bond donors (Lipinski definition) is 1. The van der Waals surface area contributed by atoms with Crippen molar-refractivity contribution in [2.24, 2.45) is 0 Å². The summed E-state index contributed by atoms with van der Waals surface area (Å²) in [4.78, 5) is 0. The highest BCUT2D eigenvalue weighted by Crippen LogP contribution is 2.42. The normalized spacial score (nSPS) is 17.0. The van der Waals surface area contributed by atoms with Gasteiger partial charge in [0.1, 0.15) is 0 Å². The Bertz CT molecular complexity index is 353. The SMILES string of the molecule is Nc1nnn(CCC(F)(F)F)c1C1CC1. The van der Waals surface area contributed by atoms with Gasteiger partial charge in [-0.3, -0.25) is 0 Å². The van der Waals surface area contributed by atoms with Gasteiger partial charge in [-0.2, -0.15) is 13.2 Å². The molecule has 0 unspecified atom stereocenters. The summed E-state index contributed by atoms with van der Waals surface area (Å²) < 4.78 is 37.3. The Kier molecular flexibility index (Phi) is 2.32. The molecular formula is C8H11F3N4. The Labute approximate surface area is 84.2 Å². The van der Waals surface area contributed by atoms with Crippen LogP contribution in [0.5, 0.6) is 0 Å². The Morgan fingerprint density at radius 2 is 2.07 bits per heavy atom. The molecule has 0 atom stereocenters. The summed E-state index contributed by atoms with van der Waals surface area (Å²) >= 11 is 0. The van der Waals surface area contributed by atoms with Gasteiger partial charge in [0.2, 0.25) is 0 Å². The standard InChI is InChI=1S/C8H11F3N4/c9-8(10,11)3-4-15-6(5-1-2-5)7(12)13-14-15/h5H,1-4,12H2. The number of nitrogens with zero attached hydrogens (tertiary/aromatic N) is 3.